The first-order chi connectivity index (χ1) is 11.0. The van der Waals surface area contributed by atoms with Crippen LogP contribution in [0.5, 0.6) is 11.5 Å². The van der Waals surface area contributed by atoms with E-state index in [0.717, 1.165) is 0 Å². The molecule has 23 heavy (non-hydrogen) atoms. The molecule has 9 heteroatoms. The van der Waals surface area contributed by atoms with Crippen molar-refractivity contribution in [2.24, 2.45) is 0 Å². The van der Waals surface area contributed by atoms with E-state index < -0.39 is 11.8 Å². The van der Waals surface area contributed by atoms with Crippen molar-refractivity contribution in [3.63, 3.8) is 0 Å². The molecule has 0 radical (unpaired) electrons. The number of carbonyl (C=O) groups excluding carboxylic acids is 2. The molecule has 0 atom stereocenters. The zero-order valence-electron chi connectivity index (χ0n) is 11.4. The van der Waals surface area contributed by atoms with Crippen LogP contribution in [0.25, 0.3) is 0 Å². The first kappa shape index (κ1) is 15.4. The average molecular weight is 354 g/mol. The van der Waals surface area contributed by atoms with E-state index in [2.05, 4.69) is 15.8 Å². The minimum Gasteiger partial charge on any atom is -0.454 e. The Labute approximate surface area is 140 Å². The van der Waals surface area contributed by atoms with Gasteiger partial charge in [-0.15, -0.1) is 0 Å². The molecule has 2 N–H and O–H groups in total. The van der Waals surface area contributed by atoms with Gasteiger partial charge in [0, 0.05) is 11.8 Å². The summed E-state index contributed by atoms with van der Waals surface area (Å²) in [7, 11) is 0. The number of pyridine rings is 1. The van der Waals surface area contributed by atoms with Gasteiger partial charge in [0.05, 0.1) is 10.6 Å². The predicted octanol–water partition coefficient (Wildman–Crippen LogP) is 2.19. The molecule has 7 nitrogen and oxygen atoms in total. The maximum atomic E-state index is 12.0. The highest BCUT2D eigenvalue weighted by atomic mass is 35.5. The fourth-order valence-corrected chi connectivity index (χ4v) is 2.11. The summed E-state index contributed by atoms with van der Waals surface area (Å²) in [5, 5.41) is 0.231. The normalized spacial score (nSPS) is 11.9. The third-order valence-electron chi connectivity index (χ3n) is 2.98. The number of nitrogens with one attached hydrogen (secondary N) is 2. The van der Waals surface area contributed by atoms with E-state index in [4.69, 9.17) is 32.7 Å². The Morgan fingerprint density at radius 3 is 2.43 bits per heavy atom. The number of rotatable bonds is 2. The molecule has 1 aliphatic rings. The lowest BCUT2D eigenvalue weighted by atomic mass is 10.2. The number of hydrogen-bond acceptors (Lipinski definition) is 5. The fraction of sp³-hybridized carbons (Fsp3) is 0.0714. The first-order valence-electron chi connectivity index (χ1n) is 6.36. The van der Waals surface area contributed by atoms with Crippen molar-refractivity contribution in [1.29, 1.82) is 0 Å². The van der Waals surface area contributed by atoms with Crippen LogP contribution in [0.15, 0.2) is 30.5 Å². The molecule has 1 aliphatic heterocycles. The van der Waals surface area contributed by atoms with E-state index in [1.54, 1.807) is 12.1 Å². The number of halogens is 2. The van der Waals surface area contributed by atoms with Crippen LogP contribution in [-0.4, -0.2) is 23.6 Å². The quantitative estimate of drug-likeness (QED) is 0.638. The molecule has 1 aromatic heterocycles. The van der Waals surface area contributed by atoms with Gasteiger partial charge >= 0.3 is 0 Å². The Hall–Kier alpha value is -2.51. The Morgan fingerprint density at radius 2 is 1.70 bits per heavy atom. The van der Waals surface area contributed by atoms with Gasteiger partial charge < -0.3 is 9.47 Å². The second-order valence-electron chi connectivity index (χ2n) is 4.47. The van der Waals surface area contributed by atoms with Crippen molar-refractivity contribution in [1.82, 2.24) is 15.8 Å². The van der Waals surface area contributed by atoms with Gasteiger partial charge in [0.25, 0.3) is 11.8 Å². The monoisotopic (exact) mass is 353 g/mol. The van der Waals surface area contributed by atoms with Crippen molar-refractivity contribution >= 4 is 35.0 Å². The number of ether oxygens (including phenoxy) is 2. The SMILES string of the molecule is O=C(NNC(=O)c1ccc2c(c1)OCO2)c1cnc(Cl)c(Cl)c1. The summed E-state index contributed by atoms with van der Waals surface area (Å²) in [6.45, 7) is 0.113. The molecular weight excluding hydrogens is 345 g/mol. The molecule has 0 saturated heterocycles. The number of aromatic nitrogens is 1. The Kier molecular flexibility index (Phi) is 4.22. The minimum absolute atomic E-state index is 0.0904. The number of hydrazine groups is 1. The van der Waals surface area contributed by atoms with Crippen LogP contribution < -0.4 is 20.3 Å². The zero-order valence-corrected chi connectivity index (χ0v) is 12.9. The van der Waals surface area contributed by atoms with E-state index >= 15 is 0 Å². The van der Waals surface area contributed by atoms with Gasteiger partial charge in [0.1, 0.15) is 5.15 Å². The smallest absolute Gasteiger partial charge is 0.271 e. The first-order valence-corrected chi connectivity index (χ1v) is 7.11. The molecule has 2 aromatic rings. The maximum absolute atomic E-state index is 12.0. The molecule has 0 aliphatic carbocycles. The van der Waals surface area contributed by atoms with Crippen molar-refractivity contribution in [3.05, 3.63) is 51.8 Å². The number of hydrogen-bond donors (Lipinski definition) is 2. The van der Waals surface area contributed by atoms with Gasteiger partial charge in [0.2, 0.25) is 6.79 Å². The van der Waals surface area contributed by atoms with Gasteiger partial charge in [-0.05, 0) is 24.3 Å². The Morgan fingerprint density at radius 1 is 1.00 bits per heavy atom. The van der Waals surface area contributed by atoms with E-state index in [-0.39, 0.29) is 22.5 Å². The summed E-state index contributed by atoms with van der Waals surface area (Å²) < 4.78 is 10.3. The third kappa shape index (κ3) is 3.30. The summed E-state index contributed by atoms with van der Waals surface area (Å²) in [6, 6.07) is 6.03. The van der Waals surface area contributed by atoms with Gasteiger partial charge in [-0.2, -0.15) is 0 Å². The lowest BCUT2D eigenvalue weighted by Crippen LogP contribution is -2.41. The van der Waals surface area contributed by atoms with Crippen LogP contribution in [-0.2, 0) is 0 Å². The second kappa shape index (κ2) is 6.31. The van der Waals surface area contributed by atoms with Crippen molar-refractivity contribution < 1.29 is 19.1 Å². The molecule has 2 amide bonds. The molecule has 3 rings (SSSR count). The number of benzene rings is 1. The molecule has 0 fully saturated rings. The summed E-state index contributed by atoms with van der Waals surface area (Å²) in [6.07, 6.45) is 1.25. The van der Waals surface area contributed by atoms with Gasteiger partial charge in [-0.1, -0.05) is 23.2 Å². The fourth-order valence-electron chi connectivity index (χ4n) is 1.84. The minimum atomic E-state index is -0.579. The van der Waals surface area contributed by atoms with Crippen molar-refractivity contribution in [3.8, 4) is 11.5 Å². The third-order valence-corrected chi connectivity index (χ3v) is 3.67. The molecular formula is C14H9Cl2N3O4. The number of nitrogens with zero attached hydrogens (tertiary/aromatic N) is 1. The molecule has 0 saturated carbocycles. The summed E-state index contributed by atoms with van der Waals surface area (Å²) >= 11 is 11.5. The molecule has 0 bridgehead atoms. The molecule has 0 spiro atoms. The highest BCUT2D eigenvalue weighted by Crippen LogP contribution is 2.32. The summed E-state index contributed by atoms with van der Waals surface area (Å²) in [4.78, 5) is 27.7. The number of carbonyl (C=O) groups is 2. The van der Waals surface area contributed by atoms with Crippen LogP contribution in [0.2, 0.25) is 10.2 Å². The van der Waals surface area contributed by atoms with E-state index in [1.807, 2.05) is 0 Å². The predicted molar refractivity (Wildman–Crippen MR) is 81.8 cm³/mol. The molecule has 2 heterocycles. The van der Waals surface area contributed by atoms with Crippen LogP contribution >= 0.6 is 23.2 Å². The number of fused-ring (bicyclic) bond motifs is 1. The van der Waals surface area contributed by atoms with E-state index in [1.165, 1.54) is 18.3 Å². The lowest BCUT2D eigenvalue weighted by Gasteiger charge is -2.08. The highest BCUT2D eigenvalue weighted by Gasteiger charge is 2.17. The van der Waals surface area contributed by atoms with E-state index in [9.17, 15) is 9.59 Å². The van der Waals surface area contributed by atoms with Crippen LogP contribution in [0.1, 0.15) is 20.7 Å². The summed E-state index contributed by atoms with van der Waals surface area (Å²) in [5.74, 6) is -0.0556. The van der Waals surface area contributed by atoms with Crippen molar-refractivity contribution in [2.45, 2.75) is 0 Å². The van der Waals surface area contributed by atoms with Gasteiger partial charge in [0.15, 0.2) is 11.5 Å². The van der Waals surface area contributed by atoms with Crippen LogP contribution in [0.4, 0.5) is 0 Å². The topological polar surface area (TPSA) is 89.6 Å². The number of amides is 2. The molecule has 1 aromatic carbocycles. The van der Waals surface area contributed by atoms with Crippen LogP contribution in [0, 0.1) is 0 Å². The van der Waals surface area contributed by atoms with Gasteiger partial charge in [-0.3, -0.25) is 20.4 Å². The largest absolute Gasteiger partial charge is 0.454 e. The lowest BCUT2D eigenvalue weighted by molar-refractivity contribution is 0.0846. The Bertz CT molecular complexity index is 798. The second-order valence-corrected chi connectivity index (χ2v) is 5.24. The molecule has 118 valence electrons. The maximum Gasteiger partial charge on any atom is 0.271 e. The van der Waals surface area contributed by atoms with E-state index in [0.29, 0.717) is 17.1 Å². The van der Waals surface area contributed by atoms with Gasteiger partial charge in [-0.25, -0.2) is 4.98 Å². The Balaban J connectivity index is 1.64. The standard InChI is InChI=1S/C14H9Cl2N3O4/c15-9-3-8(5-17-12(9)16)14(21)19-18-13(20)7-1-2-10-11(4-7)23-6-22-10/h1-5H,6H2,(H,18,20)(H,19,21). The molecule has 0 unspecified atom stereocenters. The van der Waals surface area contributed by atoms with Crippen LogP contribution in [0.3, 0.4) is 0 Å². The highest BCUT2D eigenvalue weighted by molar-refractivity contribution is 6.41. The average Bonchev–Trinajstić information content (AvgIpc) is 3.02. The summed E-state index contributed by atoms with van der Waals surface area (Å²) in [5.41, 5.74) is 5.01. The zero-order chi connectivity index (χ0) is 16.4. The van der Waals surface area contributed by atoms with Crippen molar-refractivity contribution in [2.75, 3.05) is 6.79 Å².